The minimum atomic E-state index is -4.60. The Labute approximate surface area is 290 Å². The summed E-state index contributed by atoms with van der Waals surface area (Å²) >= 11 is 0. The average molecular weight is 728 g/mol. The Kier molecular flexibility index (Phi) is 11.3. The summed E-state index contributed by atoms with van der Waals surface area (Å²) in [6.07, 6.45) is -1.26. The molecule has 0 aliphatic carbocycles. The van der Waals surface area contributed by atoms with Crippen molar-refractivity contribution in [1.29, 1.82) is 4.78 Å². The quantitative estimate of drug-likeness (QED) is 0.159. The highest BCUT2D eigenvalue weighted by Gasteiger charge is 2.31. The number of carbonyl (C=O) groups excluding carboxylic acids is 1. The van der Waals surface area contributed by atoms with Crippen LogP contribution < -0.4 is 10.9 Å². The summed E-state index contributed by atoms with van der Waals surface area (Å²) in [5, 5.41) is 6.87. The van der Waals surface area contributed by atoms with Crippen LogP contribution in [0.5, 0.6) is 0 Å². The number of aromatic nitrogens is 3. The fourth-order valence-corrected chi connectivity index (χ4v) is 7.03. The number of nitrogens with zero attached hydrogens (tertiary/aromatic N) is 3. The maximum absolute atomic E-state index is 13.5. The highest BCUT2D eigenvalue weighted by Crippen LogP contribution is 2.31. The number of carbonyl (C=O) groups is 1. The summed E-state index contributed by atoms with van der Waals surface area (Å²) in [5.41, 5.74) is 2.52. The molecule has 10 nitrogen and oxygen atoms in total. The summed E-state index contributed by atoms with van der Waals surface area (Å²) in [7, 11) is -3.03. The molecule has 2 heterocycles. The minimum absolute atomic E-state index is 0.00340. The molecule has 0 fully saturated rings. The van der Waals surface area contributed by atoms with Crippen molar-refractivity contribution in [2.45, 2.75) is 50.2 Å². The van der Waals surface area contributed by atoms with Gasteiger partial charge >= 0.3 is 6.18 Å². The molecule has 3 aromatic carbocycles. The van der Waals surface area contributed by atoms with Crippen molar-refractivity contribution < 1.29 is 30.9 Å². The molecule has 0 saturated heterocycles. The molecule has 1 unspecified atom stereocenters. The van der Waals surface area contributed by atoms with Gasteiger partial charge in [-0.1, -0.05) is 46.6 Å². The Morgan fingerprint density at radius 1 is 0.980 bits per heavy atom. The van der Waals surface area contributed by atoms with Crippen molar-refractivity contribution in [1.82, 2.24) is 19.7 Å². The number of rotatable bonds is 7. The van der Waals surface area contributed by atoms with E-state index in [2.05, 4.69) is 10.4 Å². The summed E-state index contributed by atoms with van der Waals surface area (Å²) in [4.78, 5) is 27.6. The fraction of sp³-hybridized carbons (Fsp3) is 0.229. The Morgan fingerprint density at radius 2 is 1.60 bits per heavy atom. The molecule has 0 aliphatic heterocycles. The lowest BCUT2D eigenvalue weighted by atomic mass is 10.1. The number of halogens is 3. The van der Waals surface area contributed by atoms with Crippen molar-refractivity contribution in [3.05, 3.63) is 128 Å². The number of alkyl halides is 3. The standard InChI is InChI=1S/C26H24F3N5O2S.C9H12O3S/c1-16-21(23-11-12-32-33(23)2)14-22(24(35)31-15-17-7-9-20(10-8-17)37(3)30)25(36)34(16)19-6-4-5-18(13-19)26(27,28)29;1-6-4-7(2)9(8(3)5-6)13(10,11)12/h4-14,30H,15H2,1-3H3,(H,31,35);4-5H,1-3H3,(H,10,11,12). The third-order valence-electron chi connectivity index (χ3n) is 7.81. The molecule has 0 spiro atoms. The number of pyridine rings is 1. The van der Waals surface area contributed by atoms with Crippen LogP contribution in [0.3, 0.4) is 0 Å². The molecule has 0 radical (unpaired) electrons. The van der Waals surface area contributed by atoms with Gasteiger partial charge in [0.05, 0.1) is 16.2 Å². The number of benzene rings is 3. The van der Waals surface area contributed by atoms with E-state index in [4.69, 9.17) is 9.33 Å². The summed E-state index contributed by atoms with van der Waals surface area (Å²) in [6.45, 7) is 6.97. The van der Waals surface area contributed by atoms with Crippen LogP contribution in [0.15, 0.2) is 93.6 Å². The number of aryl methyl sites for hydroxylation is 4. The smallest absolute Gasteiger partial charge is 0.348 e. The first-order valence-corrected chi connectivity index (χ1v) is 18.1. The molecule has 0 aliphatic rings. The number of hydrogen-bond donors (Lipinski definition) is 3. The van der Waals surface area contributed by atoms with Crippen LogP contribution in [0.25, 0.3) is 16.9 Å². The van der Waals surface area contributed by atoms with Crippen LogP contribution in [0, 0.1) is 32.5 Å². The number of nitrogens with one attached hydrogen (secondary N) is 2. The van der Waals surface area contributed by atoms with Gasteiger partial charge < -0.3 is 5.32 Å². The van der Waals surface area contributed by atoms with Gasteiger partial charge in [0.2, 0.25) is 0 Å². The van der Waals surface area contributed by atoms with Crippen LogP contribution in [0.1, 0.15) is 43.9 Å². The lowest BCUT2D eigenvalue weighted by Gasteiger charge is -2.18. The lowest BCUT2D eigenvalue weighted by molar-refractivity contribution is -0.137. The van der Waals surface area contributed by atoms with Crippen LogP contribution in [-0.2, 0) is 40.6 Å². The molecule has 0 bridgehead atoms. The molecule has 5 aromatic rings. The van der Waals surface area contributed by atoms with Crippen molar-refractivity contribution in [2.75, 3.05) is 6.26 Å². The van der Waals surface area contributed by atoms with E-state index in [1.54, 1.807) is 75.3 Å². The Hall–Kier alpha value is -4.86. The van der Waals surface area contributed by atoms with E-state index in [0.29, 0.717) is 28.1 Å². The van der Waals surface area contributed by atoms with Crippen LogP contribution in [0.4, 0.5) is 13.2 Å². The molecular formula is C35H36F3N5O5S2. The van der Waals surface area contributed by atoms with Crippen LogP contribution in [-0.4, -0.2) is 39.5 Å². The number of amides is 1. The molecule has 2 aromatic heterocycles. The van der Waals surface area contributed by atoms with Crippen molar-refractivity contribution in [2.24, 2.45) is 7.05 Å². The van der Waals surface area contributed by atoms with E-state index in [1.807, 2.05) is 19.1 Å². The minimum Gasteiger partial charge on any atom is -0.348 e. The molecular weight excluding hydrogens is 692 g/mol. The second-order valence-electron chi connectivity index (χ2n) is 11.6. The second-order valence-corrected chi connectivity index (χ2v) is 14.5. The first-order valence-electron chi connectivity index (χ1n) is 15.0. The SMILES string of the molecule is Cc1c(-c2ccnn2C)cc(C(=O)NCc2ccc(S(C)=N)cc2)c(=O)n1-c1cccc(C(F)(F)F)c1.Cc1cc(C)c(S(=O)(=O)O)c(C)c1. The maximum Gasteiger partial charge on any atom is 0.416 e. The summed E-state index contributed by atoms with van der Waals surface area (Å²) in [6, 6.07) is 18.3. The van der Waals surface area contributed by atoms with E-state index in [0.717, 1.165) is 32.7 Å². The van der Waals surface area contributed by atoms with E-state index in [-0.39, 0.29) is 22.7 Å². The zero-order chi connectivity index (χ0) is 37.1. The summed E-state index contributed by atoms with van der Waals surface area (Å²) in [5.74, 6) is -0.658. The molecule has 0 saturated carbocycles. The highest BCUT2D eigenvalue weighted by molar-refractivity contribution is 7.86. The van der Waals surface area contributed by atoms with Gasteiger partial charge in [0, 0.05) is 41.6 Å². The molecule has 15 heteroatoms. The first-order chi connectivity index (χ1) is 23.3. The van der Waals surface area contributed by atoms with Crippen LogP contribution >= 0.6 is 0 Å². The largest absolute Gasteiger partial charge is 0.416 e. The third kappa shape index (κ3) is 8.64. The predicted molar refractivity (Wildman–Crippen MR) is 186 cm³/mol. The van der Waals surface area contributed by atoms with E-state index in [9.17, 15) is 31.2 Å². The predicted octanol–water partition coefficient (Wildman–Crippen LogP) is 6.72. The third-order valence-corrected chi connectivity index (χ3v) is 9.95. The zero-order valence-corrected chi connectivity index (χ0v) is 29.7. The maximum atomic E-state index is 13.5. The zero-order valence-electron chi connectivity index (χ0n) is 28.1. The molecule has 3 N–H and O–H groups in total. The van der Waals surface area contributed by atoms with Gasteiger partial charge in [-0.15, -0.1) is 0 Å². The molecule has 264 valence electrons. The van der Waals surface area contributed by atoms with Gasteiger partial charge in [-0.2, -0.15) is 26.7 Å². The van der Waals surface area contributed by atoms with E-state index >= 15 is 0 Å². The normalized spacial score (nSPS) is 12.2. The lowest BCUT2D eigenvalue weighted by Crippen LogP contribution is -2.33. The first kappa shape index (κ1) is 38.0. The van der Waals surface area contributed by atoms with E-state index < -0.39 is 44.0 Å². The Balaban J connectivity index is 0.000000363. The second kappa shape index (κ2) is 14.9. The fourth-order valence-electron chi connectivity index (χ4n) is 5.56. The van der Waals surface area contributed by atoms with Crippen molar-refractivity contribution in [3.8, 4) is 16.9 Å². The Morgan fingerprint density at radius 3 is 2.12 bits per heavy atom. The van der Waals surface area contributed by atoms with Crippen LogP contribution in [0.2, 0.25) is 0 Å². The number of hydrogen-bond acceptors (Lipinski definition) is 6. The van der Waals surface area contributed by atoms with Gasteiger partial charge in [0.1, 0.15) is 5.56 Å². The topological polar surface area (TPSA) is 147 Å². The average Bonchev–Trinajstić information content (AvgIpc) is 3.44. The molecule has 1 amide bonds. The van der Waals surface area contributed by atoms with Gasteiger partial charge in [0.15, 0.2) is 0 Å². The monoisotopic (exact) mass is 727 g/mol. The molecule has 5 rings (SSSR count). The molecule has 1 atom stereocenters. The highest BCUT2D eigenvalue weighted by atomic mass is 32.2. The Bertz CT molecular complexity index is 2240. The van der Waals surface area contributed by atoms with Crippen molar-refractivity contribution >= 4 is 26.7 Å². The van der Waals surface area contributed by atoms with Gasteiger partial charge in [-0.25, -0.2) is 0 Å². The van der Waals surface area contributed by atoms with Gasteiger partial charge in [-0.05, 0) is 93.1 Å². The summed E-state index contributed by atoms with van der Waals surface area (Å²) < 4.78 is 81.5. The molecule has 50 heavy (non-hydrogen) atoms. The van der Waals surface area contributed by atoms with Crippen molar-refractivity contribution in [3.63, 3.8) is 0 Å². The van der Waals surface area contributed by atoms with Gasteiger partial charge in [-0.3, -0.25) is 28.2 Å². The van der Waals surface area contributed by atoms with E-state index in [1.165, 1.54) is 18.2 Å². The van der Waals surface area contributed by atoms with Gasteiger partial charge in [0.25, 0.3) is 21.6 Å².